The minimum Gasteiger partial charge on any atom is -0.480 e. The number of carbonyl (C=O) groups excluding carboxylic acids is 2. The van der Waals surface area contributed by atoms with E-state index < -0.39 is 12.1 Å². The molecule has 0 saturated carbocycles. The van der Waals surface area contributed by atoms with Crippen molar-refractivity contribution in [1.82, 2.24) is 0 Å². The first-order valence-electron chi connectivity index (χ1n) is 8.60. The smallest absolute Gasteiger partial charge is 0.338 e. The Morgan fingerprint density at radius 3 is 2.46 bits per heavy atom. The van der Waals surface area contributed by atoms with Gasteiger partial charge in [0.25, 0.3) is 5.91 Å². The quantitative estimate of drug-likeness (QED) is 0.789. The lowest BCUT2D eigenvalue weighted by molar-refractivity contribution is -0.122. The standard InChI is InChI=1S/C21H25NO4/c1-6-18(26-19-11-10-13(2)12-14(19)3)20(23)22-17-9-7-8-16(15(17)4)21(24)25-5/h7-12,18H,6H2,1-5H3,(H,22,23)/t18-/m1/s1. The summed E-state index contributed by atoms with van der Waals surface area (Å²) >= 11 is 0. The minimum absolute atomic E-state index is 0.252. The maximum absolute atomic E-state index is 12.7. The fraction of sp³-hybridized carbons (Fsp3) is 0.333. The molecule has 1 amide bonds. The van der Waals surface area contributed by atoms with Gasteiger partial charge in [0.05, 0.1) is 12.7 Å². The van der Waals surface area contributed by atoms with Gasteiger partial charge in [-0.2, -0.15) is 0 Å². The molecule has 0 aliphatic carbocycles. The van der Waals surface area contributed by atoms with E-state index in [1.165, 1.54) is 7.11 Å². The maximum atomic E-state index is 12.7. The molecule has 2 rings (SSSR count). The summed E-state index contributed by atoms with van der Waals surface area (Å²) in [7, 11) is 1.33. The number of carbonyl (C=O) groups is 2. The molecule has 26 heavy (non-hydrogen) atoms. The summed E-state index contributed by atoms with van der Waals surface area (Å²) in [5, 5.41) is 2.86. The Hall–Kier alpha value is -2.82. The Balaban J connectivity index is 2.18. The summed E-state index contributed by atoms with van der Waals surface area (Å²) in [6.07, 6.45) is -0.105. The maximum Gasteiger partial charge on any atom is 0.338 e. The topological polar surface area (TPSA) is 64.6 Å². The minimum atomic E-state index is -0.627. The van der Waals surface area contributed by atoms with Crippen LogP contribution in [0.5, 0.6) is 5.75 Å². The summed E-state index contributed by atoms with van der Waals surface area (Å²) in [6, 6.07) is 11.0. The summed E-state index contributed by atoms with van der Waals surface area (Å²) in [6.45, 7) is 7.63. The van der Waals surface area contributed by atoms with Crippen LogP contribution in [0, 0.1) is 20.8 Å². The average Bonchev–Trinajstić information content (AvgIpc) is 2.62. The van der Waals surface area contributed by atoms with Gasteiger partial charge in [-0.25, -0.2) is 4.79 Å². The van der Waals surface area contributed by atoms with Crippen LogP contribution in [-0.4, -0.2) is 25.1 Å². The molecule has 0 spiro atoms. The molecule has 0 aliphatic rings. The Morgan fingerprint density at radius 2 is 1.85 bits per heavy atom. The Bertz CT molecular complexity index is 814. The summed E-state index contributed by atoms with van der Waals surface area (Å²) < 4.78 is 10.7. The monoisotopic (exact) mass is 355 g/mol. The van der Waals surface area contributed by atoms with Gasteiger partial charge in [0.15, 0.2) is 6.10 Å². The third-order valence-electron chi connectivity index (χ3n) is 4.26. The van der Waals surface area contributed by atoms with Gasteiger partial charge in [0, 0.05) is 5.69 Å². The second-order valence-corrected chi connectivity index (χ2v) is 6.24. The van der Waals surface area contributed by atoms with E-state index in [1.807, 2.05) is 39.0 Å². The van der Waals surface area contributed by atoms with Crippen LogP contribution >= 0.6 is 0 Å². The molecule has 0 heterocycles. The van der Waals surface area contributed by atoms with Crippen molar-refractivity contribution in [2.75, 3.05) is 12.4 Å². The predicted molar refractivity (Wildman–Crippen MR) is 102 cm³/mol. The van der Waals surface area contributed by atoms with Gasteiger partial charge in [-0.15, -0.1) is 0 Å². The average molecular weight is 355 g/mol. The van der Waals surface area contributed by atoms with Crippen molar-refractivity contribution in [3.8, 4) is 5.75 Å². The van der Waals surface area contributed by atoms with Crippen molar-refractivity contribution in [3.63, 3.8) is 0 Å². The lowest BCUT2D eigenvalue weighted by Crippen LogP contribution is -2.33. The molecule has 0 aliphatic heterocycles. The van der Waals surface area contributed by atoms with Crippen LogP contribution in [0.3, 0.4) is 0 Å². The number of nitrogens with one attached hydrogen (secondary N) is 1. The Kier molecular flexibility index (Phi) is 6.39. The number of benzene rings is 2. The number of aryl methyl sites for hydroxylation is 2. The van der Waals surface area contributed by atoms with Crippen LogP contribution in [0.1, 0.15) is 40.4 Å². The molecule has 0 bridgehead atoms. The molecule has 5 nitrogen and oxygen atoms in total. The van der Waals surface area contributed by atoms with Crippen LogP contribution in [0.15, 0.2) is 36.4 Å². The van der Waals surface area contributed by atoms with E-state index in [9.17, 15) is 9.59 Å². The van der Waals surface area contributed by atoms with Crippen molar-refractivity contribution < 1.29 is 19.1 Å². The van der Waals surface area contributed by atoms with Crippen LogP contribution in [0.25, 0.3) is 0 Å². The van der Waals surface area contributed by atoms with Crippen LogP contribution < -0.4 is 10.1 Å². The van der Waals surface area contributed by atoms with Gasteiger partial charge in [0.1, 0.15) is 5.75 Å². The number of ether oxygens (including phenoxy) is 2. The molecule has 0 unspecified atom stereocenters. The van der Waals surface area contributed by atoms with E-state index in [1.54, 1.807) is 25.1 Å². The van der Waals surface area contributed by atoms with Gasteiger partial charge >= 0.3 is 5.97 Å². The van der Waals surface area contributed by atoms with E-state index in [2.05, 4.69) is 5.32 Å². The molecule has 1 N–H and O–H groups in total. The van der Waals surface area contributed by atoms with Crippen molar-refractivity contribution in [3.05, 3.63) is 58.7 Å². The number of amides is 1. The second-order valence-electron chi connectivity index (χ2n) is 6.24. The van der Waals surface area contributed by atoms with E-state index >= 15 is 0 Å². The molecule has 0 aromatic heterocycles. The third-order valence-corrected chi connectivity index (χ3v) is 4.26. The summed E-state index contributed by atoms with van der Waals surface area (Å²) in [5.74, 6) is 0.00685. The normalized spacial score (nSPS) is 11.6. The predicted octanol–water partition coefficient (Wildman–Crippen LogP) is 4.19. The zero-order valence-corrected chi connectivity index (χ0v) is 15.9. The molecule has 0 radical (unpaired) electrons. The molecule has 0 fully saturated rings. The second kappa shape index (κ2) is 8.52. The number of rotatable bonds is 6. The van der Waals surface area contributed by atoms with Crippen LogP contribution in [-0.2, 0) is 9.53 Å². The van der Waals surface area contributed by atoms with Gasteiger partial charge < -0.3 is 14.8 Å². The van der Waals surface area contributed by atoms with Crippen molar-refractivity contribution in [1.29, 1.82) is 0 Å². The van der Waals surface area contributed by atoms with Crippen molar-refractivity contribution in [2.45, 2.75) is 40.2 Å². The first kappa shape index (κ1) is 19.5. The van der Waals surface area contributed by atoms with Crippen molar-refractivity contribution >= 4 is 17.6 Å². The highest BCUT2D eigenvalue weighted by molar-refractivity contribution is 5.98. The van der Waals surface area contributed by atoms with Crippen molar-refractivity contribution in [2.24, 2.45) is 0 Å². The number of hydrogen-bond acceptors (Lipinski definition) is 4. The number of anilines is 1. The van der Waals surface area contributed by atoms with E-state index in [-0.39, 0.29) is 5.91 Å². The van der Waals surface area contributed by atoms with Crippen LogP contribution in [0.4, 0.5) is 5.69 Å². The molecular weight excluding hydrogens is 330 g/mol. The zero-order valence-electron chi connectivity index (χ0n) is 15.9. The van der Waals surface area contributed by atoms with Gasteiger partial charge in [-0.3, -0.25) is 4.79 Å². The molecule has 2 aromatic carbocycles. The summed E-state index contributed by atoms with van der Waals surface area (Å²) in [5.41, 5.74) is 3.78. The SMILES string of the molecule is CC[C@@H](Oc1ccc(C)cc1C)C(=O)Nc1cccc(C(=O)OC)c1C. The third kappa shape index (κ3) is 4.42. The molecule has 1 atom stereocenters. The zero-order chi connectivity index (χ0) is 19.3. The highest BCUT2D eigenvalue weighted by Crippen LogP contribution is 2.23. The summed E-state index contributed by atoms with van der Waals surface area (Å²) in [4.78, 5) is 24.5. The molecule has 2 aromatic rings. The number of hydrogen-bond donors (Lipinski definition) is 1. The van der Waals surface area contributed by atoms with E-state index in [0.717, 1.165) is 11.1 Å². The largest absolute Gasteiger partial charge is 0.480 e. The van der Waals surface area contributed by atoms with Gasteiger partial charge in [-0.05, 0) is 56.5 Å². The fourth-order valence-electron chi connectivity index (χ4n) is 2.72. The molecular formula is C21H25NO4. The number of esters is 1. The van der Waals surface area contributed by atoms with Crippen LogP contribution in [0.2, 0.25) is 0 Å². The number of methoxy groups -OCH3 is 1. The molecule has 138 valence electrons. The molecule has 5 heteroatoms. The lowest BCUT2D eigenvalue weighted by Gasteiger charge is -2.20. The highest BCUT2D eigenvalue weighted by Gasteiger charge is 2.21. The van der Waals surface area contributed by atoms with E-state index in [4.69, 9.17) is 9.47 Å². The van der Waals surface area contributed by atoms with Gasteiger partial charge in [-0.1, -0.05) is 30.7 Å². The first-order valence-corrected chi connectivity index (χ1v) is 8.60. The first-order chi connectivity index (χ1) is 12.4. The highest BCUT2D eigenvalue weighted by atomic mass is 16.5. The lowest BCUT2D eigenvalue weighted by atomic mass is 10.1. The Morgan fingerprint density at radius 1 is 1.12 bits per heavy atom. The van der Waals surface area contributed by atoms with E-state index in [0.29, 0.717) is 29.0 Å². The molecule has 0 saturated heterocycles. The Labute approximate surface area is 154 Å². The van der Waals surface area contributed by atoms with Gasteiger partial charge in [0.2, 0.25) is 0 Å². The fourth-order valence-corrected chi connectivity index (χ4v) is 2.72.